The van der Waals surface area contributed by atoms with Gasteiger partial charge in [-0.25, -0.2) is 4.79 Å². The maximum absolute atomic E-state index is 11.3. The van der Waals surface area contributed by atoms with Crippen molar-refractivity contribution in [2.24, 2.45) is 0 Å². The second-order valence-electron chi connectivity index (χ2n) is 3.80. The zero-order chi connectivity index (χ0) is 14.0. The Morgan fingerprint density at radius 1 is 1.26 bits per heavy atom. The Balaban J connectivity index is 0. The molecule has 2 N–H and O–H groups in total. The second-order valence-corrected chi connectivity index (χ2v) is 3.80. The topological polar surface area (TPSA) is 108 Å². The van der Waals surface area contributed by atoms with Crippen LogP contribution in [-0.4, -0.2) is 37.2 Å². The third-order valence-electron chi connectivity index (χ3n) is 2.12. The number of carboxylic acid groups (broad SMARTS) is 1. The Morgan fingerprint density at radius 3 is 2.42 bits per heavy atom. The first-order valence-electron chi connectivity index (χ1n) is 5.88. The van der Waals surface area contributed by atoms with E-state index in [-0.39, 0.29) is 29.6 Å². The van der Waals surface area contributed by atoms with Crippen LogP contribution in [0, 0.1) is 0 Å². The molecule has 8 heteroatoms. The fraction of sp³-hybridized carbons (Fsp3) is 0.727. The van der Waals surface area contributed by atoms with E-state index in [0.717, 1.165) is 19.3 Å². The molecule has 7 nitrogen and oxygen atoms in total. The van der Waals surface area contributed by atoms with Gasteiger partial charge in [0.2, 0.25) is 5.91 Å². The van der Waals surface area contributed by atoms with Crippen LogP contribution < -0.4 is 45.3 Å². The van der Waals surface area contributed by atoms with E-state index in [9.17, 15) is 19.5 Å². The van der Waals surface area contributed by atoms with Crippen LogP contribution in [-0.2, 0) is 14.3 Å². The molecule has 0 saturated carbocycles. The SMILES string of the molecule is CCCCCOC(=O)N[C@@H](C)C(=O)NCC(=O)[O-].[Na+]. The molecule has 104 valence electrons. The normalized spacial score (nSPS) is 10.8. The molecule has 0 radical (unpaired) electrons. The zero-order valence-electron chi connectivity index (χ0n) is 11.7. The molecule has 19 heavy (non-hydrogen) atoms. The van der Waals surface area contributed by atoms with Crippen LogP contribution in [0.15, 0.2) is 0 Å². The summed E-state index contributed by atoms with van der Waals surface area (Å²) in [6.07, 6.45) is 2.07. The van der Waals surface area contributed by atoms with Crippen LogP contribution in [0.5, 0.6) is 0 Å². The number of amides is 2. The number of aliphatic carboxylic acids is 1. The first kappa shape index (κ1) is 20.5. The van der Waals surface area contributed by atoms with Crippen LogP contribution in [0.3, 0.4) is 0 Å². The van der Waals surface area contributed by atoms with Crippen molar-refractivity contribution in [2.75, 3.05) is 13.2 Å². The van der Waals surface area contributed by atoms with Crippen LogP contribution in [0.2, 0.25) is 0 Å². The van der Waals surface area contributed by atoms with Crippen LogP contribution in [0.4, 0.5) is 4.79 Å². The predicted octanol–water partition coefficient (Wildman–Crippen LogP) is -3.84. The fourth-order valence-electron chi connectivity index (χ4n) is 1.11. The molecule has 0 heterocycles. The number of carboxylic acids is 1. The van der Waals surface area contributed by atoms with Gasteiger partial charge in [0.05, 0.1) is 19.1 Å². The van der Waals surface area contributed by atoms with Gasteiger partial charge in [0, 0.05) is 0 Å². The monoisotopic (exact) mass is 282 g/mol. The predicted molar refractivity (Wildman–Crippen MR) is 61.5 cm³/mol. The Labute approximate surface area is 134 Å². The van der Waals surface area contributed by atoms with E-state index >= 15 is 0 Å². The molecule has 0 spiro atoms. The molecule has 0 aromatic rings. The van der Waals surface area contributed by atoms with E-state index in [1.54, 1.807) is 0 Å². The fourth-order valence-corrected chi connectivity index (χ4v) is 1.11. The van der Waals surface area contributed by atoms with Crippen molar-refractivity contribution in [3.05, 3.63) is 0 Å². The van der Waals surface area contributed by atoms with Gasteiger partial charge in [0.1, 0.15) is 6.04 Å². The van der Waals surface area contributed by atoms with Gasteiger partial charge in [-0.1, -0.05) is 19.8 Å². The summed E-state index contributed by atoms with van der Waals surface area (Å²) in [5.41, 5.74) is 0. The summed E-state index contributed by atoms with van der Waals surface area (Å²) in [5.74, 6) is -2.00. The summed E-state index contributed by atoms with van der Waals surface area (Å²) >= 11 is 0. The summed E-state index contributed by atoms with van der Waals surface area (Å²) < 4.78 is 4.83. The minimum atomic E-state index is -1.39. The number of carbonyl (C=O) groups is 3. The Morgan fingerprint density at radius 2 is 1.89 bits per heavy atom. The van der Waals surface area contributed by atoms with E-state index in [2.05, 4.69) is 10.6 Å². The van der Waals surface area contributed by atoms with Gasteiger partial charge in [-0.3, -0.25) is 4.79 Å². The molecule has 2 amide bonds. The molecule has 0 aliphatic carbocycles. The molecule has 0 saturated heterocycles. The third kappa shape index (κ3) is 12.0. The molecular weight excluding hydrogens is 263 g/mol. The summed E-state index contributed by atoms with van der Waals surface area (Å²) in [6, 6.07) is -0.858. The van der Waals surface area contributed by atoms with Crippen LogP contribution >= 0.6 is 0 Å². The minimum absolute atomic E-state index is 0. The molecule has 0 aliphatic rings. The molecule has 0 rings (SSSR count). The second kappa shape index (κ2) is 12.3. The third-order valence-corrected chi connectivity index (χ3v) is 2.12. The van der Waals surface area contributed by atoms with Gasteiger partial charge >= 0.3 is 35.7 Å². The molecule has 0 aromatic carbocycles. The van der Waals surface area contributed by atoms with Crippen molar-refractivity contribution in [2.45, 2.75) is 39.2 Å². The molecule has 0 fully saturated rings. The summed E-state index contributed by atoms with van der Waals surface area (Å²) in [6.45, 7) is 3.17. The number of hydrogen-bond donors (Lipinski definition) is 2. The van der Waals surface area contributed by atoms with Gasteiger partial charge in [-0.05, 0) is 13.3 Å². The van der Waals surface area contributed by atoms with Gasteiger partial charge in [0.15, 0.2) is 0 Å². The summed E-state index contributed by atoms with van der Waals surface area (Å²) in [5, 5.41) is 14.5. The van der Waals surface area contributed by atoms with E-state index in [1.165, 1.54) is 6.92 Å². The van der Waals surface area contributed by atoms with Gasteiger partial charge in [0.25, 0.3) is 0 Å². The van der Waals surface area contributed by atoms with Crippen LogP contribution in [0.25, 0.3) is 0 Å². The Kier molecular flexibility index (Phi) is 13.2. The first-order chi connectivity index (χ1) is 8.47. The average Bonchev–Trinajstić information content (AvgIpc) is 2.31. The molecule has 0 unspecified atom stereocenters. The maximum atomic E-state index is 11.3. The van der Waals surface area contributed by atoms with E-state index in [0.29, 0.717) is 6.61 Å². The molecule has 1 atom stereocenters. The largest absolute Gasteiger partial charge is 1.00 e. The van der Waals surface area contributed by atoms with E-state index in [1.807, 2.05) is 6.92 Å². The number of unbranched alkanes of at least 4 members (excludes halogenated alkanes) is 2. The van der Waals surface area contributed by atoms with Gasteiger partial charge < -0.3 is 25.3 Å². The standard InChI is InChI=1S/C11H20N2O5.Na/c1-3-4-5-6-18-11(17)13-8(2)10(16)12-7-9(14)15;/h8H,3-7H2,1-2H3,(H,12,16)(H,13,17)(H,14,15);/q;+1/p-1/t8-;/m0./s1. The maximum Gasteiger partial charge on any atom is 1.00 e. The zero-order valence-corrected chi connectivity index (χ0v) is 13.7. The van der Waals surface area contributed by atoms with E-state index < -0.39 is 30.6 Å². The van der Waals surface area contributed by atoms with Crippen molar-refractivity contribution < 1.29 is 53.8 Å². The average molecular weight is 282 g/mol. The Hall–Kier alpha value is -0.790. The first-order valence-corrected chi connectivity index (χ1v) is 5.88. The van der Waals surface area contributed by atoms with E-state index in [4.69, 9.17) is 4.74 Å². The van der Waals surface area contributed by atoms with Crippen molar-refractivity contribution in [1.82, 2.24) is 10.6 Å². The molecule has 0 aliphatic heterocycles. The number of carbonyl (C=O) groups excluding carboxylic acids is 3. The number of nitrogens with one attached hydrogen (secondary N) is 2. The van der Waals surface area contributed by atoms with Gasteiger partial charge in [-0.15, -0.1) is 0 Å². The minimum Gasteiger partial charge on any atom is -0.548 e. The van der Waals surface area contributed by atoms with Crippen molar-refractivity contribution in [3.63, 3.8) is 0 Å². The molecule has 0 bridgehead atoms. The summed E-state index contributed by atoms with van der Waals surface area (Å²) in [7, 11) is 0. The quantitative estimate of drug-likeness (QED) is 0.350. The van der Waals surface area contributed by atoms with Gasteiger partial charge in [-0.2, -0.15) is 0 Å². The molecular formula is C11H19N2NaO5. The number of ether oxygens (including phenoxy) is 1. The molecule has 0 aromatic heterocycles. The van der Waals surface area contributed by atoms with Crippen molar-refractivity contribution in [1.29, 1.82) is 0 Å². The number of alkyl carbamates (subject to hydrolysis) is 1. The van der Waals surface area contributed by atoms with Crippen molar-refractivity contribution in [3.8, 4) is 0 Å². The summed E-state index contributed by atoms with van der Waals surface area (Å²) in [4.78, 5) is 32.6. The smallest absolute Gasteiger partial charge is 0.548 e. The van der Waals surface area contributed by atoms with Crippen LogP contribution in [0.1, 0.15) is 33.1 Å². The number of hydrogen-bond acceptors (Lipinski definition) is 5. The number of rotatable bonds is 8. The Bertz CT molecular complexity index is 299. The van der Waals surface area contributed by atoms with Crippen molar-refractivity contribution >= 4 is 18.0 Å².